The Bertz CT molecular complexity index is 424. The number of nitrogens with two attached hydrogens (primary N) is 1. The van der Waals surface area contributed by atoms with Crippen molar-refractivity contribution in [1.29, 1.82) is 0 Å². The van der Waals surface area contributed by atoms with Crippen LogP contribution in [-0.4, -0.2) is 52.8 Å². The zero-order chi connectivity index (χ0) is 15.8. The summed E-state index contributed by atoms with van der Waals surface area (Å²) in [7, 11) is 0. The highest BCUT2D eigenvalue weighted by molar-refractivity contribution is 5.88. The SMILES string of the molecule is NC(=O)CC[C@@H](NC(=O)CN1CCCCCC1=O)C(=O)O. The number of hydrogen-bond donors (Lipinski definition) is 3. The molecule has 1 aliphatic heterocycles. The van der Waals surface area contributed by atoms with E-state index in [2.05, 4.69) is 5.32 Å². The van der Waals surface area contributed by atoms with Crippen LogP contribution in [0.3, 0.4) is 0 Å². The predicted molar refractivity (Wildman–Crippen MR) is 73.0 cm³/mol. The smallest absolute Gasteiger partial charge is 0.326 e. The molecule has 0 radical (unpaired) electrons. The third-order valence-corrected chi connectivity index (χ3v) is 3.32. The number of carboxylic acid groups (broad SMARTS) is 1. The fourth-order valence-corrected chi connectivity index (χ4v) is 2.16. The van der Waals surface area contributed by atoms with Gasteiger partial charge in [-0.1, -0.05) is 6.42 Å². The van der Waals surface area contributed by atoms with Crippen molar-refractivity contribution in [1.82, 2.24) is 10.2 Å². The predicted octanol–water partition coefficient (Wildman–Crippen LogP) is -0.776. The number of rotatable bonds is 7. The molecule has 1 saturated heterocycles. The molecule has 8 nitrogen and oxygen atoms in total. The van der Waals surface area contributed by atoms with Crippen molar-refractivity contribution in [2.75, 3.05) is 13.1 Å². The van der Waals surface area contributed by atoms with Gasteiger partial charge in [-0.15, -0.1) is 0 Å². The number of carboxylic acids is 1. The highest BCUT2D eigenvalue weighted by atomic mass is 16.4. The second-order valence-electron chi connectivity index (χ2n) is 5.09. The highest BCUT2D eigenvalue weighted by Gasteiger charge is 2.24. The van der Waals surface area contributed by atoms with E-state index in [9.17, 15) is 19.2 Å². The molecule has 0 bridgehead atoms. The summed E-state index contributed by atoms with van der Waals surface area (Å²) in [5.41, 5.74) is 4.96. The summed E-state index contributed by atoms with van der Waals surface area (Å²) >= 11 is 0. The largest absolute Gasteiger partial charge is 0.480 e. The Morgan fingerprint density at radius 2 is 2.00 bits per heavy atom. The second-order valence-corrected chi connectivity index (χ2v) is 5.09. The third kappa shape index (κ3) is 6.24. The Labute approximate surface area is 122 Å². The van der Waals surface area contributed by atoms with Gasteiger partial charge in [0.15, 0.2) is 0 Å². The van der Waals surface area contributed by atoms with Crippen LogP contribution in [0.5, 0.6) is 0 Å². The number of nitrogens with one attached hydrogen (secondary N) is 1. The van der Waals surface area contributed by atoms with Gasteiger partial charge >= 0.3 is 5.97 Å². The Morgan fingerprint density at radius 3 is 2.62 bits per heavy atom. The van der Waals surface area contributed by atoms with Crippen LogP contribution in [0.25, 0.3) is 0 Å². The Balaban J connectivity index is 2.50. The van der Waals surface area contributed by atoms with Crippen LogP contribution in [0, 0.1) is 0 Å². The molecule has 8 heteroatoms. The van der Waals surface area contributed by atoms with Gasteiger partial charge in [0.1, 0.15) is 6.04 Å². The van der Waals surface area contributed by atoms with Crippen molar-refractivity contribution in [3.05, 3.63) is 0 Å². The number of aliphatic carboxylic acids is 1. The number of primary amides is 1. The molecule has 1 fully saturated rings. The van der Waals surface area contributed by atoms with Crippen molar-refractivity contribution in [3.8, 4) is 0 Å². The first-order chi connectivity index (χ1) is 9.90. The third-order valence-electron chi connectivity index (χ3n) is 3.32. The van der Waals surface area contributed by atoms with E-state index in [1.807, 2.05) is 0 Å². The molecule has 21 heavy (non-hydrogen) atoms. The molecule has 1 aliphatic rings. The summed E-state index contributed by atoms with van der Waals surface area (Å²) in [5, 5.41) is 11.3. The van der Waals surface area contributed by atoms with Crippen molar-refractivity contribution >= 4 is 23.7 Å². The average Bonchev–Trinajstić information content (AvgIpc) is 2.59. The van der Waals surface area contributed by atoms with Crippen molar-refractivity contribution in [2.45, 2.75) is 44.6 Å². The molecule has 118 valence electrons. The Kier molecular flexibility index (Phi) is 6.64. The van der Waals surface area contributed by atoms with Gasteiger partial charge in [0.25, 0.3) is 0 Å². The lowest BCUT2D eigenvalue weighted by molar-refractivity contribution is -0.142. The van der Waals surface area contributed by atoms with E-state index < -0.39 is 23.8 Å². The maximum Gasteiger partial charge on any atom is 0.326 e. The molecular formula is C13H21N3O5. The molecule has 4 N–H and O–H groups in total. The van der Waals surface area contributed by atoms with Crippen LogP contribution in [-0.2, 0) is 19.2 Å². The minimum Gasteiger partial charge on any atom is -0.480 e. The normalized spacial score (nSPS) is 17.0. The van der Waals surface area contributed by atoms with Crippen LogP contribution in [0.2, 0.25) is 0 Å². The first kappa shape index (κ1) is 16.9. The van der Waals surface area contributed by atoms with Crippen molar-refractivity contribution in [2.24, 2.45) is 5.73 Å². The van der Waals surface area contributed by atoms with Gasteiger partial charge in [-0.3, -0.25) is 14.4 Å². The van der Waals surface area contributed by atoms with Crippen molar-refractivity contribution < 1.29 is 24.3 Å². The lowest BCUT2D eigenvalue weighted by Gasteiger charge is -2.21. The van der Waals surface area contributed by atoms with Gasteiger partial charge in [-0.25, -0.2) is 4.79 Å². The molecule has 0 aromatic rings. The summed E-state index contributed by atoms with van der Waals surface area (Å²) in [6.07, 6.45) is 2.82. The van der Waals surface area contributed by atoms with E-state index in [0.29, 0.717) is 13.0 Å². The molecule has 0 unspecified atom stereocenters. The average molecular weight is 299 g/mol. The monoisotopic (exact) mass is 299 g/mol. The van der Waals surface area contributed by atoms with Crippen LogP contribution in [0.4, 0.5) is 0 Å². The summed E-state index contributed by atoms with van der Waals surface area (Å²) in [4.78, 5) is 46.7. The topological polar surface area (TPSA) is 130 Å². The lowest BCUT2D eigenvalue weighted by Crippen LogP contribution is -2.47. The first-order valence-corrected chi connectivity index (χ1v) is 6.98. The minimum atomic E-state index is -1.23. The maximum absolute atomic E-state index is 11.8. The van der Waals surface area contributed by atoms with Gasteiger partial charge in [-0.2, -0.15) is 0 Å². The van der Waals surface area contributed by atoms with E-state index in [-0.39, 0.29) is 25.3 Å². The van der Waals surface area contributed by atoms with E-state index in [0.717, 1.165) is 19.3 Å². The van der Waals surface area contributed by atoms with E-state index in [1.54, 1.807) is 0 Å². The van der Waals surface area contributed by atoms with Crippen LogP contribution in [0.15, 0.2) is 0 Å². The number of carbonyl (C=O) groups is 4. The summed E-state index contributed by atoms with van der Waals surface area (Å²) in [5.74, 6) is -2.49. The molecule has 0 aromatic heterocycles. The first-order valence-electron chi connectivity index (χ1n) is 6.98. The number of nitrogens with zero attached hydrogens (tertiary/aromatic N) is 1. The number of carbonyl (C=O) groups excluding carboxylic acids is 3. The quantitative estimate of drug-likeness (QED) is 0.568. The molecule has 0 spiro atoms. The van der Waals surface area contributed by atoms with Crippen LogP contribution in [0.1, 0.15) is 38.5 Å². The summed E-state index contributed by atoms with van der Waals surface area (Å²) in [6.45, 7) is 0.352. The highest BCUT2D eigenvalue weighted by Crippen LogP contribution is 2.10. The Morgan fingerprint density at radius 1 is 1.29 bits per heavy atom. The standard InChI is InChI=1S/C13H21N3O5/c14-10(17)6-5-9(13(20)21)15-11(18)8-16-7-3-1-2-4-12(16)19/h9H,1-8H2,(H2,14,17)(H,15,18)(H,20,21)/t9-/m1/s1. The lowest BCUT2D eigenvalue weighted by atomic mass is 10.1. The second kappa shape index (κ2) is 8.23. The van der Waals surface area contributed by atoms with Gasteiger partial charge in [-0.05, 0) is 19.3 Å². The zero-order valence-corrected chi connectivity index (χ0v) is 11.8. The Hall–Kier alpha value is -2.12. The van der Waals surface area contributed by atoms with Gasteiger partial charge in [0.05, 0.1) is 6.54 Å². The summed E-state index contributed by atoms with van der Waals surface area (Å²) < 4.78 is 0. The molecule has 1 heterocycles. The summed E-state index contributed by atoms with van der Waals surface area (Å²) in [6, 6.07) is -1.17. The molecule has 0 aromatic carbocycles. The van der Waals surface area contributed by atoms with Gasteiger partial charge < -0.3 is 21.1 Å². The van der Waals surface area contributed by atoms with E-state index in [4.69, 9.17) is 10.8 Å². The molecule has 1 rings (SSSR count). The minimum absolute atomic E-state index is 0.0651. The van der Waals surface area contributed by atoms with Gasteiger partial charge in [0.2, 0.25) is 17.7 Å². The fourth-order valence-electron chi connectivity index (χ4n) is 2.16. The van der Waals surface area contributed by atoms with Crippen LogP contribution >= 0.6 is 0 Å². The van der Waals surface area contributed by atoms with Crippen LogP contribution < -0.4 is 11.1 Å². The number of hydrogen-bond acceptors (Lipinski definition) is 4. The molecule has 0 saturated carbocycles. The molecule has 3 amide bonds. The van der Waals surface area contributed by atoms with Gasteiger partial charge in [0, 0.05) is 19.4 Å². The number of likely N-dealkylation sites (tertiary alicyclic amines) is 1. The molecular weight excluding hydrogens is 278 g/mol. The zero-order valence-electron chi connectivity index (χ0n) is 11.8. The molecule has 0 aliphatic carbocycles. The molecule has 1 atom stereocenters. The van der Waals surface area contributed by atoms with Crippen molar-refractivity contribution in [3.63, 3.8) is 0 Å². The van der Waals surface area contributed by atoms with E-state index >= 15 is 0 Å². The fraction of sp³-hybridized carbons (Fsp3) is 0.692. The number of amides is 3. The maximum atomic E-state index is 11.8. The van der Waals surface area contributed by atoms with E-state index in [1.165, 1.54) is 4.90 Å².